The summed E-state index contributed by atoms with van der Waals surface area (Å²) in [6.07, 6.45) is -3.39. The Morgan fingerprint density at radius 3 is 2.30 bits per heavy atom. The molecule has 7 nitrogen and oxygen atoms in total. The lowest BCUT2D eigenvalue weighted by Crippen LogP contribution is -2.56. The highest BCUT2D eigenvalue weighted by molar-refractivity contribution is 7.92. The molecule has 0 radical (unpaired) electrons. The van der Waals surface area contributed by atoms with E-state index >= 15 is 0 Å². The number of rotatable bonds is 5. The van der Waals surface area contributed by atoms with E-state index in [1.54, 1.807) is 26.0 Å². The van der Waals surface area contributed by atoms with Crippen molar-refractivity contribution >= 4 is 9.84 Å². The summed E-state index contributed by atoms with van der Waals surface area (Å²) in [6.45, 7) is 5.21. The van der Waals surface area contributed by atoms with Gasteiger partial charge in [-0.3, -0.25) is 0 Å². The topological polar surface area (TPSA) is 102 Å². The van der Waals surface area contributed by atoms with Gasteiger partial charge >= 0.3 is 0 Å². The summed E-state index contributed by atoms with van der Waals surface area (Å²) in [5.41, 5.74) is -2.19. The first-order valence-electron chi connectivity index (χ1n) is 9.79. The second-order valence-electron chi connectivity index (χ2n) is 8.38. The van der Waals surface area contributed by atoms with E-state index in [0.29, 0.717) is 0 Å². The summed E-state index contributed by atoms with van der Waals surface area (Å²) < 4.78 is 43.5. The molecule has 0 aliphatic carbocycles. The lowest BCUT2D eigenvalue weighted by molar-refractivity contribution is -0.236. The first kappa shape index (κ1) is 21.4. The zero-order valence-electron chi connectivity index (χ0n) is 17.1. The van der Waals surface area contributed by atoms with Gasteiger partial charge in [0.15, 0.2) is 17.5 Å². The fraction of sp³-hybridized carbons (Fsp3) is 0.455. The molecule has 0 bridgehead atoms. The fourth-order valence-electron chi connectivity index (χ4n) is 4.06. The molecule has 2 fully saturated rings. The Kier molecular flexibility index (Phi) is 5.29. The maximum atomic E-state index is 13.1. The molecular formula is C22H26O7S. The van der Waals surface area contributed by atoms with Crippen molar-refractivity contribution in [2.75, 3.05) is 0 Å². The van der Waals surface area contributed by atoms with Crippen LogP contribution in [0.1, 0.15) is 25.0 Å². The SMILES string of the molecule is Cc1ccc(S(=O)(=O)[C@@H](O)[C@H]2O[C@@H]3OC(C)(C)O[C@@H]3[C@]2(O)Cc2ccccc2)cc1. The number of aryl methyl sites for hydroxylation is 1. The second kappa shape index (κ2) is 7.40. The highest BCUT2D eigenvalue weighted by Gasteiger charge is 2.66. The summed E-state index contributed by atoms with van der Waals surface area (Å²) in [7, 11) is -4.20. The minimum absolute atomic E-state index is 0.0274. The van der Waals surface area contributed by atoms with Gasteiger partial charge < -0.3 is 24.4 Å². The summed E-state index contributed by atoms with van der Waals surface area (Å²) in [5.74, 6) is -1.01. The van der Waals surface area contributed by atoms with E-state index in [1.807, 2.05) is 37.3 Å². The first-order chi connectivity index (χ1) is 14.0. The van der Waals surface area contributed by atoms with Crippen LogP contribution in [0.5, 0.6) is 0 Å². The third-order valence-corrected chi connectivity index (χ3v) is 7.39. The van der Waals surface area contributed by atoms with Crippen LogP contribution in [0, 0.1) is 6.92 Å². The van der Waals surface area contributed by atoms with Crippen LogP contribution in [0.4, 0.5) is 0 Å². The standard InChI is InChI=1S/C22H26O7S/c1-14-9-11-16(12-10-14)30(25,26)19(23)17-22(24,13-15-7-5-4-6-8-15)18-20(27-17)29-21(2,3)28-18/h4-12,17-20,23-24H,13H2,1-3H3/t17-,18+,19-,20-,22+/m1/s1. The van der Waals surface area contributed by atoms with Gasteiger partial charge in [-0.2, -0.15) is 0 Å². The average molecular weight is 435 g/mol. The van der Waals surface area contributed by atoms with E-state index < -0.39 is 45.2 Å². The number of sulfone groups is 1. The van der Waals surface area contributed by atoms with E-state index in [-0.39, 0.29) is 11.3 Å². The van der Waals surface area contributed by atoms with Gasteiger partial charge in [0, 0.05) is 6.42 Å². The molecule has 162 valence electrons. The molecule has 2 N–H and O–H groups in total. The fourth-order valence-corrected chi connectivity index (χ4v) is 5.48. The molecule has 2 aromatic carbocycles. The molecule has 2 aromatic rings. The molecule has 2 saturated heterocycles. The van der Waals surface area contributed by atoms with E-state index in [9.17, 15) is 18.6 Å². The number of ether oxygens (including phenoxy) is 3. The predicted molar refractivity (Wildman–Crippen MR) is 108 cm³/mol. The summed E-state index contributed by atoms with van der Waals surface area (Å²) in [6, 6.07) is 15.2. The molecule has 5 atom stereocenters. The molecule has 30 heavy (non-hydrogen) atoms. The van der Waals surface area contributed by atoms with Crippen molar-refractivity contribution in [3.05, 3.63) is 65.7 Å². The number of hydrogen-bond acceptors (Lipinski definition) is 7. The summed E-state index contributed by atoms with van der Waals surface area (Å²) in [5, 5.41) is 22.6. The van der Waals surface area contributed by atoms with Crippen molar-refractivity contribution in [1.29, 1.82) is 0 Å². The molecule has 2 heterocycles. The summed E-state index contributed by atoms with van der Waals surface area (Å²) >= 11 is 0. The minimum atomic E-state index is -4.20. The molecule has 0 unspecified atom stereocenters. The van der Waals surface area contributed by atoms with Gasteiger partial charge in [0.2, 0.25) is 9.84 Å². The van der Waals surface area contributed by atoms with Crippen LogP contribution in [0.25, 0.3) is 0 Å². The smallest absolute Gasteiger partial charge is 0.207 e. The number of aliphatic hydroxyl groups excluding tert-OH is 1. The number of benzene rings is 2. The van der Waals surface area contributed by atoms with Gasteiger partial charge in [-0.1, -0.05) is 48.0 Å². The minimum Gasteiger partial charge on any atom is -0.384 e. The van der Waals surface area contributed by atoms with Crippen LogP contribution >= 0.6 is 0 Å². The van der Waals surface area contributed by atoms with E-state index in [1.165, 1.54) is 12.1 Å². The normalized spacial score (nSPS) is 31.4. The van der Waals surface area contributed by atoms with Crippen LogP contribution in [-0.4, -0.2) is 54.0 Å². The maximum Gasteiger partial charge on any atom is 0.207 e. The molecule has 8 heteroatoms. The van der Waals surface area contributed by atoms with Crippen molar-refractivity contribution < 1.29 is 32.8 Å². The molecule has 0 aromatic heterocycles. The van der Waals surface area contributed by atoms with Crippen LogP contribution in [0.15, 0.2) is 59.5 Å². The second-order valence-corrected chi connectivity index (χ2v) is 10.4. The van der Waals surface area contributed by atoms with Gasteiger partial charge in [0.1, 0.15) is 17.8 Å². The lowest BCUT2D eigenvalue weighted by Gasteiger charge is -2.35. The Morgan fingerprint density at radius 2 is 1.67 bits per heavy atom. The van der Waals surface area contributed by atoms with Crippen LogP contribution in [-0.2, 0) is 30.5 Å². The molecule has 0 amide bonds. The van der Waals surface area contributed by atoms with Crippen LogP contribution < -0.4 is 0 Å². The Bertz CT molecular complexity index is 1000. The zero-order valence-corrected chi connectivity index (χ0v) is 17.9. The largest absolute Gasteiger partial charge is 0.384 e. The van der Waals surface area contributed by atoms with Gasteiger partial charge in [0.05, 0.1) is 4.90 Å². The van der Waals surface area contributed by atoms with Crippen LogP contribution in [0.3, 0.4) is 0 Å². The van der Waals surface area contributed by atoms with Gasteiger partial charge in [-0.05, 0) is 38.5 Å². The highest BCUT2D eigenvalue weighted by atomic mass is 32.2. The van der Waals surface area contributed by atoms with Crippen molar-refractivity contribution in [1.82, 2.24) is 0 Å². The third-order valence-electron chi connectivity index (χ3n) is 5.58. The summed E-state index contributed by atoms with van der Waals surface area (Å²) in [4.78, 5) is -0.0505. The monoisotopic (exact) mass is 434 g/mol. The van der Waals surface area contributed by atoms with Gasteiger partial charge in [0.25, 0.3) is 0 Å². The van der Waals surface area contributed by atoms with E-state index in [4.69, 9.17) is 14.2 Å². The maximum absolute atomic E-state index is 13.1. The first-order valence-corrected chi connectivity index (χ1v) is 11.3. The van der Waals surface area contributed by atoms with Crippen molar-refractivity contribution in [2.24, 2.45) is 0 Å². The predicted octanol–water partition coefficient (Wildman–Crippen LogP) is 1.94. The highest BCUT2D eigenvalue weighted by Crippen LogP contribution is 2.46. The quantitative estimate of drug-likeness (QED) is 0.741. The van der Waals surface area contributed by atoms with Gasteiger partial charge in [-0.25, -0.2) is 8.42 Å². The van der Waals surface area contributed by atoms with E-state index in [2.05, 4.69) is 0 Å². The molecule has 0 spiro atoms. The molecule has 4 rings (SSSR count). The third kappa shape index (κ3) is 3.68. The van der Waals surface area contributed by atoms with Crippen molar-refractivity contribution in [2.45, 2.75) is 67.4 Å². The lowest BCUT2D eigenvalue weighted by atomic mass is 9.86. The average Bonchev–Trinajstić information content (AvgIpc) is 3.13. The zero-order chi connectivity index (χ0) is 21.7. The van der Waals surface area contributed by atoms with E-state index in [0.717, 1.165) is 11.1 Å². The number of hydrogen-bond donors (Lipinski definition) is 2. The van der Waals surface area contributed by atoms with Crippen molar-refractivity contribution in [3.63, 3.8) is 0 Å². The number of aliphatic hydroxyl groups is 2. The Balaban J connectivity index is 1.71. The Morgan fingerprint density at radius 1 is 1.03 bits per heavy atom. The van der Waals surface area contributed by atoms with Crippen LogP contribution in [0.2, 0.25) is 0 Å². The molecular weight excluding hydrogens is 408 g/mol. The number of fused-ring (bicyclic) bond motifs is 1. The van der Waals surface area contributed by atoms with Crippen molar-refractivity contribution in [3.8, 4) is 0 Å². The Hall–Kier alpha value is -1.81. The molecule has 2 aliphatic rings. The van der Waals surface area contributed by atoms with Gasteiger partial charge in [-0.15, -0.1) is 0 Å². The molecule has 2 aliphatic heterocycles. The molecule has 0 saturated carbocycles. The Labute approximate surface area is 176 Å².